The van der Waals surface area contributed by atoms with E-state index in [0.29, 0.717) is 29.4 Å². The Hall–Kier alpha value is -4.16. The standard InChI is InChI=1S/C19H23N3O3S.C19H25N3OS/c1-12-9-17(22(24)25)13(2)8-14(12)10-18-21-16(11-26-18)19(23)20-15-6-4-3-5-7-15;1-12-9-16(20)13(2)8-14(12)10-18-22-17(11-24-18)19(23)21-15-6-4-3-5-7-15/h8-9,11,15H,3-7,10H2,1-2H3,(H,20,23);8-9,11,15H,3-7,10,20H2,1-2H3,(H,21,23). The molecule has 0 atom stereocenters. The van der Waals surface area contributed by atoms with E-state index in [9.17, 15) is 19.7 Å². The number of carbonyl (C=O) groups is 2. The van der Waals surface area contributed by atoms with Crippen molar-refractivity contribution in [3.05, 3.63) is 99.9 Å². The molecule has 0 saturated heterocycles. The molecule has 2 amide bonds. The van der Waals surface area contributed by atoms with Crippen molar-refractivity contribution in [1.82, 2.24) is 20.6 Å². The lowest BCUT2D eigenvalue weighted by atomic mass is 9.95. The summed E-state index contributed by atoms with van der Waals surface area (Å²) in [6, 6.07) is 8.16. The second-order valence-electron chi connectivity index (χ2n) is 13.7. The average Bonchev–Trinajstić information content (AvgIpc) is 3.77. The quantitative estimate of drug-likeness (QED) is 0.0895. The first-order chi connectivity index (χ1) is 24.0. The fourth-order valence-electron chi connectivity index (χ4n) is 6.67. The molecule has 2 aliphatic carbocycles. The van der Waals surface area contributed by atoms with Crippen molar-refractivity contribution in [3.63, 3.8) is 0 Å². The van der Waals surface area contributed by atoms with Crippen molar-refractivity contribution in [2.24, 2.45) is 0 Å². The molecule has 0 radical (unpaired) electrons. The van der Waals surface area contributed by atoms with Crippen LogP contribution in [0, 0.1) is 37.8 Å². The van der Waals surface area contributed by atoms with E-state index in [1.807, 2.05) is 31.4 Å². The number of anilines is 1. The highest BCUT2D eigenvalue weighted by molar-refractivity contribution is 7.10. The number of hydrogen-bond acceptors (Lipinski definition) is 9. The zero-order valence-electron chi connectivity index (χ0n) is 29.5. The number of nitrogens with two attached hydrogens (primary N) is 1. The van der Waals surface area contributed by atoms with Crippen LogP contribution in [0.1, 0.15) is 129 Å². The van der Waals surface area contributed by atoms with E-state index < -0.39 is 0 Å². The van der Waals surface area contributed by atoms with Crippen molar-refractivity contribution < 1.29 is 14.5 Å². The van der Waals surface area contributed by atoms with Gasteiger partial charge >= 0.3 is 0 Å². The molecule has 266 valence electrons. The van der Waals surface area contributed by atoms with E-state index >= 15 is 0 Å². The van der Waals surface area contributed by atoms with Gasteiger partial charge in [-0.15, -0.1) is 22.7 Å². The van der Waals surface area contributed by atoms with Gasteiger partial charge in [0.25, 0.3) is 17.5 Å². The number of nitrogen functional groups attached to an aromatic ring is 1. The van der Waals surface area contributed by atoms with Crippen molar-refractivity contribution in [1.29, 1.82) is 0 Å². The van der Waals surface area contributed by atoms with Crippen LogP contribution in [-0.2, 0) is 12.8 Å². The van der Waals surface area contributed by atoms with E-state index in [2.05, 4.69) is 33.6 Å². The first-order valence-corrected chi connectivity index (χ1v) is 19.3. The zero-order valence-corrected chi connectivity index (χ0v) is 31.1. The van der Waals surface area contributed by atoms with E-state index in [-0.39, 0.29) is 28.5 Å². The van der Waals surface area contributed by atoms with Crippen LogP contribution < -0.4 is 16.4 Å². The minimum Gasteiger partial charge on any atom is -0.399 e. The lowest BCUT2D eigenvalue weighted by Crippen LogP contribution is -2.36. The molecule has 0 spiro atoms. The monoisotopic (exact) mass is 716 g/mol. The predicted octanol–water partition coefficient (Wildman–Crippen LogP) is 8.32. The Morgan fingerprint density at radius 3 is 1.62 bits per heavy atom. The maximum atomic E-state index is 12.4. The van der Waals surface area contributed by atoms with Crippen molar-refractivity contribution in [2.75, 3.05) is 5.73 Å². The Labute approximate surface area is 302 Å². The SMILES string of the molecule is Cc1cc(Cc2nc(C(=O)NC3CCCCC3)cs2)c(C)cc1N.Cc1cc([N+](=O)[O-])c(C)cc1Cc1nc(C(=O)NC2CCCCC2)cs1. The Balaban J connectivity index is 0.000000195. The second-order valence-corrected chi connectivity index (χ2v) is 15.6. The lowest BCUT2D eigenvalue weighted by Gasteiger charge is -2.22. The Bertz CT molecular complexity index is 1820. The van der Waals surface area contributed by atoms with Crippen LogP contribution in [0.2, 0.25) is 0 Å². The molecule has 12 heteroatoms. The third-order valence-electron chi connectivity index (χ3n) is 9.71. The number of nitrogens with zero attached hydrogens (tertiary/aromatic N) is 3. The molecule has 6 rings (SSSR count). The van der Waals surface area contributed by atoms with Crippen LogP contribution in [0.3, 0.4) is 0 Å². The average molecular weight is 717 g/mol. The molecule has 2 heterocycles. The first-order valence-electron chi connectivity index (χ1n) is 17.6. The number of amides is 2. The van der Waals surface area contributed by atoms with Gasteiger partial charge in [0.05, 0.1) is 14.9 Å². The number of aryl methyl sites for hydroxylation is 4. The Kier molecular flexibility index (Phi) is 12.7. The molecule has 4 N–H and O–H groups in total. The number of aromatic nitrogens is 2. The van der Waals surface area contributed by atoms with Gasteiger partial charge in [0.15, 0.2) is 0 Å². The van der Waals surface area contributed by atoms with Crippen LogP contribution in [0.5, 0.6) is 0 Å². The minimum atomic E-state index is -0.358. The molecule has 4 aromatic rings. The van der Waals surface area contributed by atoms with Gasteiger partial charge < -0.3 is 16.4 Å². The number of benzene rings is 2. The molecule has 0 aliphatic heterocycles. The van der Waals surface area contributed by atoms with Crippen LogP contribution in [0.25, 0.3) is 0 Å². The molecular formula is C38H48N6O4S2. The molecule has 2 saturated carbocycles. The fourth-order valence-corrected chi connectivity index (χ4v) is 8.26. The third kappa shape index (κ3) is 9.97. The number of nitrogens with one attached hydrogen (secondary N) is 2. The van der Waals surface area contributed by atoms with Crippen molar-refractivity contribution in [3.8, 4) is 0 Å². The highest BCUT2D eigenvalue weighted by Crippen LogP contribution is 2.26. The molecule has 0 unspecified atom stereocenters. The lowest BCUT2D eigenvalue weighted by molar-refractivity contribution is -0.385. The van der Waals surface area contributed by atoms with Gasteiger partial charge in [-0.1, -0.05) is 44.6 Å². The van der Waals surface area contributed by atoms with Gasteiger partial charge in [-0.05, 0) is 93.3 Å². The first kappa shape index (κ1) is 37.1. The molecule has 2 aliphatic rings. The zero-order chi connectivity index (χ0) is 35.8. The molecule has 2 fully saturated rings. The van der Waals surface area contributed by atoms with Gasteiger partial charge in [0.2, 0.25) is 0 Å². The van der Waals surface area contributed by atoms with Gasteiger partial charge in [-0.2, -0.15) is 0 Å². The smallest absolute Gasteiger partial charge is 0.272 e. The van der Waals surface area contributed by atoms with Crippen LogP contribution >= 0.6 is 22.7 Å². The number of nitro groups is 1. The van der Waals surface area contributed by atoms with Crippen molar-refractivity contribution >= 4 is 45.9 Å². The van der Waals surface area contributed by atoms with E-state index in [1.165, 1.54) is 61.0 Å². The van der Waals surface area contributed by atoms with Crippen LogP contribution in [0.15, 0.2) is 35.0 Å². The number of nitro benzene ring substituents is 1. The topological polar surface area (TPSA) is 153 Å². The summed E-state index contributed by atoms with van der Waals surface area (Å²) < 4.78 is 0. The predicted molar refractivity (Wildman–Crippen MR) is 201 cm³/mol. The Morgan fingerprint density at radius 1 is 0.720 bits per heavy atom. The van der Waals surface area contributed by atoms with Crippen LogP contribution in [-0.4, -0.2) is 38.8 Å². The molecule has 0 bridgehead atoms. The van der Waals surface area contributed by atoms with E-state index in [0.717, 1.165) is 64.5 Å². The van der Waals surface area contributed by atoms with Crippen molar-refractivity contribution in [2.45, 2.75) is 117 Å². The summed E-state index contributed by atoms with van der Waals surface area (Å²) in [5, 5.41) is 22.7. The van der Waals surface area contributed by atoms with Gasteiger partial charge in [0.1, 0.15) is 11.4 Å². The maximum absolute atomic E-state index is 12.4. The number of rotatable bonds is 9. The molecular weight excluding hydrogens is 669 g/mol. The summed E-state index contributed by atoms with van der Waals surface area (Å²) in [6.07, 6.45) is 12.9. The fraction of sp³-hybridized carbons (Fsp3) is 0.474. The third-order valence-corrected chi connectivity index (χ3v) is 11.4. The largest absolute Gasteiger partial charge is 0.399 e. The highest BCUT2D eigenvalue weighted by Gasteiger charge is 2.21. The summed E-state index contributed by atoms with van der Waals surface area (Å²) in [7, 11) is 0. The Morgan fingerprint density at radius 2 is 1.16 bits per heavy atom. The summed E-state index contributed by atoms with van der Waals surface area (Å²) in [5.41, 5.74) is 13.9. The van der Waals surface area contributed by atoms with E-state index in [4.69, 9.17) is 5.73 Å². The number of carbonyl (C=O) groups excluding carboxylic acids is 2. The maximum Gasteiger partial charge on any atom is 0.272 e. The minimum absolute atomic E-state index is 0.0328. The van der Waals surface area contributed by atoms with Crippen LogP contribution in [0.4, 0.5) is 11.4 Å². The summed E-state index contributed by atoms with van der Waals surface area (Å²) in [4.78, 5) is 44.4. The second kappa shape index (κ2) is 17.2. The summed E-state index contributed by atoms with van der Waals surface area (Å²) >= 11 is 3.00. The molecule has 2 aromatic heterocycles. The van der Waals surface area contributed by atoms with Gasteiger partial charge in [-0.25, -0.2) is 9.97 Å². The van der Waals surface area contributed by atoms with Gasteiger partial charge in [-0.3, -0.25) is 19.7 Å². The number of thiazole rings is 2. The summed E-state index contributed by atoms with van der Waals surface area (Å²) in [6.45, 7) is 7.69. The summed E-state index contributed by atoms with van der Waals surface area (Å²) in [5.74, 6) is -0.134. The van der Waals surface area contributed by atoms with E-state index in [1.54, 1.807) is 29.7 Å². The molecule has 2 aromatic carbocycles. The molecule has 50 heavy (non-hydrogen) atoms. The highest BCUT2D eigenvalue weighted by atomic mass is 32.1. The number of hydrogen-bond donors (Lipinski definition) is 3. The van der Waals surface area contributed by atoms with Gasteiger partial charge in [0, 0.05) is 53.0 Å². The normalized spacial score (nSPS) is 15.2. The molecule has 10 nitrogen and oxygen atoms in total.